The molecule has 0 aliphatic carbocycles. The highest BCUT2D eigenvalue weighted by atomic mass is 79.9. The van der Waals surface area contributed by atoms with E-state index in [0.29, 0.717) is 0 Å². The standard InChI is InChI=1S/C7H4BrNOS/c8-7-9-4-6(11-7)5-2-1-3-10-5/h1-4H. The third-order valence-corrected chi connectivity index (χ3v) is 2.73. The van der Waals surface area contributed by atoms with Gasteiger partial charge in [-0.25, -0.2) is 4.98 Å². The smallest absolute Gasteiger partial charge is 0.159 e. The molecule has 0 radical (unpaired) electrons. The Kier molecular flexibility index (Phi) is 1.79. The van der Waals surface area contributed by atoms with E-state index in [4.69, 9.17) is 4.42 Å². The Bertz CT molecular complexity index is 341. The predicted octanol–water partition coefficient (Wildman–Crippen LogP) is 3.17. The number of hydrogen-bond acceptors (Lipinski definition) is 3. The number of thiazole rings is 1. The molecule has 0 aliphatic rings. The average molecular weight is 230 g/mol. The van der Waals surface area contributed by atoms with Crippen molar-refractivity contribution < 1.29 is 4.42 Å². The highest BCUT2D eigenvalue weighted by Gasteiger charge is 2.03. The summed E-state index contributed by atoms with van der Waals surface area (Å²) in [6.45, 7) is 0. The molecule has 11 heavy (non-hydrogen) atoms. The van der Waals surface area contributed by atoms with Gasteiger partial charge < -0.3 is 4.42 Å². The minimum atomic E-state index is 0.869. The molecule has 2 heterocycles. The summed E-state index contributed by atoms with van der Waals surface area (Å²) >= 11 is 4.84. The first-order valence-electron chi connectivity index (χ1n) is 3.01. The fourth-order valence-electron chi connectivity index (χ4n) is 0.785. The highest BCUT2D eigenvalue weighted by Crippen LogP contribution is 2.28. The van der Waals surface area contributed by atoms with Crippen molar-refractivity contribution in [3.8, 4) is 10.6 Å². The fourth-order valence-corrected chi connectivity index (χ4v) is 2.02. The topological polar surface area (TPSA) is 26.0 Å². The minimum absolute atomic E-state index is 0.869. The summed E-state index contributed by atoms with van der Waals surface area (Å²) in [5.74, 6) is 0.869. The average Bonchev–Trinajstić information content (AvgIpc) is 2.55. The summed E-state index contributed by atoms with van der Waals surface area (Å²) in [6, 6.07) is 3.78. The largest absolute Gasteiger partial charge is 0.463 e. The third kappa shape index (κ3) is 1.36. The molecule has 0 aliphatic heterocycles. The van der Waals surface area contributed by atoms with Crippen LogP contribution in [0.2, 0.25) is 0 Å². The number of halogens is 1. The number of hydrogen-bond donors (Lipinski definition) is 0. The van der Waals surface area contributed by atoms with Crippen molar-refractivity contribution >= 4 is 27.3 Å². The van der Waals surface area contributed by atoms with Crippen LogP contribution in [-0.2, 0) is 0 Å². The van der Waals surface area contributed by atoms with Gasteiger partial charge >= 0.3 is 0 Å². The van der Waals surface area contributed by atoms with Crippen molar-refractivity contribution in [2.75, 3.05) is 0 Å². The van der Waals surface area contributed by atoms with E-state index in [9.17, 15) is 0 Å². The van der Waals surface area contributed by atoms with E-state index in [1.54, 1.807) is 23.8 Å². The van der Waals surface area contributed by atoms with Gasteiger partial charge in [0.1, 0.15) is 5.76 Å². The number of rotatable bonds is 1. The van der Waals surface area contributed by atoms with Gasteiger partial charge in [0.25, 0.3) is 0 Å². The molecule has 2 nitrogen and oxygen atoms in total. The molecule has 0 aromatic carbocycles. The van der Waals surface area contributed by atoms with Crippen LogP contribution in [0.4, 0.5) is 0 Å². The normalized spacial score (nSPS) is 10.3. The fraction of sp³-hybridized carbons (Fsp3) is 0. The Labute approximate surface area is 76.0 Å². The van der Waals surface area contributed by atoms with Crippen LogP contribution in [0, 0.1) is 0 Å². The van der Waals surface area contributed by atoms with E-state index in [2.05, 4.69) is 20.9 Å². The van der Waals surface area contributed by atoms with Gasteiger partial charge in [0.2, 0.25) is 0 Å². The summed E-state index contributed by atoms with van der Waals surface area (Å²) in [4.78, 5) is 5.09. The monoisotopic (exact) mass is 229 g/mol. The zero-order valence-corrected chi connectivity index (χ0v) is 7.85. The molecule has 0 unspecified atom stereocenters. The summed E-state index contributed by atoms with van der Waals surface area (Å²) in [5, 5.41) is 0. The van der Waals surface area contributed by atoms with Crippen LogP contribution in [0.3, 0.4) is 0 Å². The van der Waals surface area contributed by atoms with Crippen LogP contribution in [0.25, 0.3) is 10.6 Å². The van der Waals surface area contributed by atoms with Gasteiger partial charge in [0.15, 0.2) is 3.92 Å². The van der Waals surface area contributed by atoms with Crippen molar-refractivity contribution in [3.63, 3.8) is 0 Å². The maximum Gasteiger partial charge on any atom is 0.159 e. The lowest BCUT2D eigenvalue weighted by Gasteiger charge is -1.84. The molecule has 0 saturated carbocycles. The van der Waals surface area contributed by atoms with Crippen molar-refractivity contribution in [1.82, 2.24) is 4.98 Å². The van der Waals surface area contributed by atoms with Crippen LogP contribution in [0.15, 0.2) is 32.9 Å². The van der Waals surface area contributed by atoms with E-state index < -0.39 is 0 Å². The second kappa shape index (κ2) is 2.79. The highest BCUT2D eigenvalue weighted by molar-refractivity contribution is 9.11. The van der Waals surface area contributed by atoms with Gasteiger partial charge in [-0.05, 0) is 28.1 Å². The zero-order valence-electron chi connectivity index (χ0n) is 5.45. The molecule has 2 aromatic rings. The van der Waals surface area contributed by atoms with Crippen LogP contribution in [-0.4, -0.2) is 4.98 Å². The zero-order chi connectivity index (χ0) is 7.68. The Morgan fingerprint density at radius 1 is 1.55 bits per heavy atom. The van der Waals surface area contributed by atoms with Gasteiger partial charge in [-0.2, -0.15) is 0 Å². The Morgan fingerprint density at radius 2 is 2.45 bits per heavy atom. The quantitative estimate of drug-likeness (QED) is 0.751. The SMILES string of the molecule is Brc1ncc(-c2ccco2)s1. The van der Waals surface area contributed by atoms with E-state index in [1.807, 2.05) is 12.1 Å². The molecule has 0 amide bonds. The molecule has 0 saturated heterocycles. The molecule has 4 heteroatoms. The first-order valence-corrected chi connectivity index (χ1v) is 4.62. The minimum Gasteiger partial charge on any atom is -0.463 e. The number of nitrogens with zero attached hydrogens (tertiary/aromatic N) is 1. The van der Waals surface area contributed by atoms with E-state index in [1.165, 1.54) is 0 Å². The molecule has 0 fully saturated rings. The predicted molar refractivity (Wildman–Crippen MR) is 47.5 cm³/mol. The van der Waals surface area contributed by atoms with Crippen LogP contribution in [0.5, 0.6) is 0 Å². The molecule has 56 valence electrons. The Balaban J connectivity index is 2.45. The summed E-state index contributed by atoms with van der Waals surface area (Å²) in [7, 11) is 0. The third-order valence-electron chi connectivity index (χ3n) is 1.24. The maximum atomic E-state index is 5.18. The van der Waals surface area contributed by atoms with Gasteiger partial charge in [-0.15, -0.1) is 11.3 Å². The lowest BCUT2D eigenvalue weighted by Crippen LogP contribution is -1.60. The van der Waals surface area contributed by atoms with Crippen molar-refractivity contribution in [2.24, 2.45) is 0 Å². The molecule has 2 aromatic heterocycles. The molecule has 0 N–H and O–H groups in total. The first kappa shape index (κ1) is 7.06. The first-order chi connectivity index (χ1) is 5.36. The maximum absolute atomic E-state index is 5.18. The summed E-state index contributed by atoms with van der Waals surface area (Å²) in [6.07, 6.45) is 3.44. The molecule has 0 spiro atoms. The molecule has 2 rings (SSSR count). The molecule has 0 bridgehead atoms. The van der Waals surface area contributed by atoms with Gasteiger partial charge in [-0.1, -0.05) is 0 Å². The van der Waals surface area contributed by atoms with E-state index in [-0.39, 0.29) is 0 Å². The lowest BCUT2D eigenvalue weighted by molar-refractivity contribution is 0.583. The van der Waals surface area contributed by atoms with Gasteiger partial charge in [0, 0.05) is 0 Å². The molecule has 0 atom stereocenters. The van der Waals surface area contributed by atoms with Gasteiger partial charge in [0.05, 0.1) is 17.3 Å². The summed E-state index contributed by atoms with van der Waals surface area (Å²) in [5.41, 5.74) is 0. The number of furan rings is 1. The second-order valence-electron chi connectivity index (χ2n) is 1.95. The van der Waals surface area contributed by atoms with Crippen molar-refractivity contribution in [3.05, 3.63) is 28.5 Å². The van der Waals surface area contributed by atoms with E-state index in [0.717, 1.165) is 14.6 Å². The second-order valence-corrected chi connectivity index (χ2v) is 4.26. The Morgan fingerprint density at radius 3 is 3.00 bits per heavy atom. The van der Waals surface area contributed by atoms with Crippen molar-refractivity contribution in [2.45, 2.75) is 0 Å². The molecular weight excluding hydrogens is 226 g/mol. The molecular formula is C7H4BrNOS. The van der Waals surface area contributed by atoms with E-state index >= 15 is 0 Å². The van der Waals surface area contributed by atoms with Crippen LogP contribution < -0.4 is 0 Å². The lowest BCUT2D eigenvalue weighted by atomic mass is 10.4. The van der Waals surface area contributed by atoms with Crippen LogP contribution >= 0.6 is 27.3 Å². The van der Waals surface area contributed by atoms with Gasteiger partial charge in [-0.3, -0.25) is 0 Å². The number of aromatic nitrogens is 1. The van der Waals surface area contributed by atoms with Crippen LogP contribution in [0.1, 0.15) is 0 Å². The Hall–Kier alpha value is -0.610. The van der Waals surface area contributed by atoms with Crippen molar-refractivity contribution in [1.29, 1.82) is 0 Å². The summed E-state index contributed by atoms with van der Waals surface area (Å²) < 4.78 is 6.06.